The highest BCUT2D eigenvalue weighted by Gasteiger charge is 2.17. The summed E-state index contributed by atoms with van der Waals surface area (Å²) in [5.74, 6) is 1.28. The normalized spacial score (nSPS) is 19.5. The van der Waals surface area contributed by atoms with Crippen LogP contribution in [0.3, 0.4) is 0 Å². The van der Waals surface area contributed by atoms with Gasteiger partial charge in [-0.3, -0.25) is 0 Å². The Morgan fingerprint density at radius 3 is 2.50 bits per heavy atom. The second-order valence-corrected chi connectivity index (χ2v) is 5.26. The number of nitrogens with zero attached hydrogens (tertiary/aromatic N) is 1. The first-order chi connectivity index (χ1) is 7.72. The zero-order valence-corrected chi connectivity index (χ0v) is 10.8. The fourth-order valence-corrected chi connectivity index (χ4v) is 2.01. The number of hydrogen-bond acceptors (Lipinski definition) is 3. The lowest BCUT2D eigenvalue weighted by Gasteiger charge is -2.30. The third-order valence-electron chi connectivity index (χ3n) is 3.36. The van der Waals surface area contributed by atoms with Crippen molar-refractivity contribution < 1.29 is 9.84 Å². The minimum atomic E-state index is 0.360. The maximum absolute atomic E-state index is 9.03. The van der Waals surface area contributed by atoms with E-state index in [1.807, 2.05) is 0 Å². The summed E-state index contributed by atoms with van der Waals surface area (Å²) in [5.41, 5.74) is 0. The van der Waals surface area contributed by atoms with Crippen LogP contribution in [0.25, 0.3) is 0 Å². The molecule has 0 aliphatic carbocycles. The zero-order valence-electron chi connectivity index (χ0n) is 10.8. The highest BCUT2D eigenvalue weighted by atomic mass is 16.5. The second kappa shape index (κ2) is 8.04. The number of aliphatic hydroxyl groups excluding tert-OH is 1. The molecule has 0 aromatic rings. The Labute approximate surface area is 99.8 Å². The average Bonchev–Trinajstić information content (AvgIpc) is 2.29. The van der Waals surface area contributed by atoms with Crippen LogP contribution in [-0.2, 0) is 4.74 Å². The fraction of sp³-hybridized carbons (Fsp3) is 1.00. The van der Waals surface area contributed by atoms with Crippen LogP contribution < -0.4 is 0 Å². The van der Waals surface area contributed by atoms with Crippen molar-refractivity contribution in [3.8, 4) is 0 Å². The van der Waals surface area contributed by atoms with E-state index in [4.69, 9.17) is 9.84 Å². The van der Waals surface area contributed by atoms with E-state index in [1.165, 1.54) is 0 Å². The van der Waals surface area contributed by atoms with E-state index in [1.54, 1.807) is 0 Å². The summed E-state index contributed by atoms with van der Waals surface area (Å²) in [6.45, 7) is 9.86. The van der Waals surface area contributed by atoms with E-state index in [0.717, 1.165) is 58.0 Å². The molecular weight excluding hydrogens is 202 g/mol. The molecule has 3 nitrogen and oxygen atoms in total. The zero-order chi connectivity index (χ0) is 11.8. The molecule has 1 saturated heterocycles. The molecule has 0 spiro atoms. The quantitative estimate of drug-likeness (QED) is 0.675. The smallest absolute Gasteiger partial charge is 0.0593 e. The first kappa shape index (κ1) is 13.9. The third kappa shape index (κ3) is 5.83. The summed E-state index contributed by atoms with van der Waals surface area (Å²) in [5, 5.41) is 9.03. The van der Waals surface area contributed by atoms with Gasteiger partial charge in [0, 0.05) is 19.8 Å². The Morgan fingerprint density at radius 1 is 1.25 bits per heavy atom. The molecule has 0 aromatic heterocycles. The van der Waals surface area contributed by atoms with Crippen LogP contribution in [0.1, 0.15) is 33.1 Å². The summed E-state index contributed by atoms with van der Waals surface area (Å²) in [6.07, 6.45) is 3.44. The minimum absolute atomic E-state index is 0.360. The predicted molar refractivity (Wildman–Crippen MR) is 66.5 cm³/mol. The van der Waals surface area contributed by atoms with Crippen molar-refractivity contribution in [3.05, 3.63) is 0 Å². The summed E-state index contributed by atoms with van der Waals surface area (Å²) in [6, 6.07) is 0. The van der Waals surface area contributed by atoms with Gasteiger partial charge in [0.25, 0.3) is 0 Å². The lowest BCUT2D eigenvalue weighted by Crippen LogP contribution is -2.36. The summed E-state index contributed by atoms with van der Waals surface area (Å²) >= 11 is 0. The van der Waals surface area contributed by atoms with Crippen LogP contribution in [0, 0.1) is 11.8 Å². The standard InChI is InChI=1S/C13H27NO2/c1-12(2)5-9-16-10-8-14-6-3-13(11-15)4-7-14/h12-13,15H,3-11H2,1-2H3. The largest absolute Gasteiger partial charge is 0.396 e. The Balaban J connectivity index is 1.94. The Hall–Kier alpha value is -0.120. The number of likely N-dealkylation sites (tertiary alicyclic amines) is 1. The second-order valence-electron chi connectivity index (χ2n) is 5.26. The molecular formula is C13H27NO2. The van der Waals surface area contributed by atoms with Crippen molar-refractivity contribution in [2.45, 2.75) is 33.1 Å². The van der Waals surface area contributed by atoms with Crippen LogP contribution in [0.15, 0.2) is 0 Å². The van der Waals surface area contributed by atoms with E-state index in [-0.39, 0.29) is 0 Å². The lowest BCUT2D eigenvalue weighted by molar-refractivity contribution is 0.0741. The molecule has 1 heterocycles. The Bertz CT molecular complexity index is 165. The molecule has 1 aliphatic rings. The molecule has 1 aliphatic heterocycles. The first-order valence-electron chi connectivity index (χ1n) is 6.63. The van der Waals surface area contributed by atoms with Crippen molar-refractivity contribution in [1.82, 2.24) is 4.90 Å². The van der Waals surface area contributed by atoms with E-state index < -0.39 is 0 Å². The number of hydrogen-bond donors (Lipinski definition) is 1. The van der Waals surface area contributed by atoms with E-state index in [9.17, 15) is 0 Å². The molecule has 0 radical (unpaired) electrons. The van der Waals surface area contributed by atoms with Gasteiger partial charge in [-0.05, 0) is 44.2 Å². The van der Waals surface area contributed by atoms with Crippen LogP contribution in [0.5, 0.6) is 0 Å². The maximum Gasteiger partial charge on any atom is 0.0593 e. The van der Waals surface area contributed by atoms with Crippen molar-refractivity contribution >= 4 is 0 Å². The van der Waals surface area contributed by atoms with Crippen LogP contribution in [0.4, 0.5) is 0 Å². The molecule has 1 fully saturated rings. The predicted octanol–water partition coefficient (Wildman–Crippen LogP) is 1.75. The van der Waals surface area contributed by atoms with Crippen molar-refractivity contribution in [2.75, 3.05) is 39.5 Å². The highest BCUT2D eigenvalue weighted by Crippen LogP contribution is 2.15. The summed E-state index contributed by atoms with van der Waals surface area (Å²) in [7, 11) is 0. The van der Waals surface area contributed by atoms with Gasteiger partial charge in [0.2, 0.25) is 0 Å². The van der Waals surface area contributed by atoms with Gasteiger partial charge in [0.15, 0.2) is 0 Å². The summed E-state index contributed by atoms with van der Waals surface area (Å²) in [4.78, 5) is 2.45. The highest BCUT2D eigenvalue weighted by molar-refractivity contribution is 4.71. The molecule has 0 bridgehead atoms. The minimum Gasteiger partial charge on any atom is -0.396 e. The van der Waals surface area contributed by atoms with Crippen LogP contribution >= 0.6 is 0 Å². The van der Waals surface area contributed by atoms with Gasteiger partial charge < -0.3 is 14.7 Å². The molecule has 0 unspecified atom stereocenters. The molecule has 0 atom stereocenters. The molecule has 16 heavy (non-hydrogen) atoms. The fourth-order valence-electron chi connectivity index (χ4n) is 2.01. The van der Waals surface area contributed by atoms with E-state index in [2.05, 4.69) is 18.7 Å². The van der Waals surface area contributed by atoms with Crippen molar-refractivity contribution in [1.29, 1.82) is 0 Å². The van der Waals surface area contributed by atoms with E-state index in [0.29, 0.717) is 12.5 Å². The average molecular weight is 229 g/mol. The molecule has 96 valence electrons. The summed E-state index contributed by atoms with van der Waals surface area (Å²) < 4.78 is 5.61. The number of ether oxygens (including phenoxy) is 1. The molecule has 1 rings (SSSR count). The van der Waals surface area contributed by atoms with Gasteiger partial charge in [0.05, 0.1) is 6.61 Å². The van der Waals surface area contributed by atoms with Crippen molar-refractivity contribution in [3.63, 3.8) is 0 Å². The van der Waals surface area contributed by atoms with Gasteiger partial charge in [0.1, 0.15) is 0 Å². The number of rotatable bonds is 7. The van der Waals surface area contributed by atoms with Gasteiger partial charge in [-0.15, -0.1) is 0 Å². The first-order valence-corrected chi connectivity index (χ1v) is 6.63. The topological polar surface area (TPSA) is 32.7 Å². The van der Waals surface area contributed by atoms with Gasteiger partial charge in [-0.25, -0.2) is 0 Å². The Morgan fingerprint density at radius 2 is 1.94 bits per heavy atom. The Kier molecular flexibility index (Phi) is 7.01. The van der Waals surface area contributed by atoms with Gasteiger partial charge >= 0.3 is 0 Å². The molecule has 3 heteroatoms. The van der Waals surface area contributed by atoms with E-state index >= 15 is 0 Å². The van der Waals surface area contributed by atoms with Crippen molar-refractivity contribution in [2.24, 2.45) is 11.8 Å². The van der Waals surface area contributed by atoms with Gasteiger partial charge in [-0.1, -0.05) is 13.8 Å². The van der Waals surface area contributed by atoms with Crippen LogP contribution in [0.2, 0.25) is 0 Å². The van der Waals surface area contributed by atoms with Gasteiger partial charge in [-0.2, -0.15) is 0 Å². The van der Waals surface area contributed by atoms with Crippen LogP contribution in [-0.4, -0.2) is 49.5 Å². The molecule has 0 amide bonds. The third-order valence-corrected chi connectivity index (χ3v) is 3.36. The number of piperidine rings is 1. The monoisotopic (exact) mass is 229 g/mol. The number of aliphatic hydroxyl groups is 1. The molecule has 0 saturated carbocycles. The SMILES string of the molecule is CC(C)CCOCCN1CCC(CO)CC1. The molecule has 0 aromatic carbocycles. The maximum atomic E-state index is 9.03. The molecule has 1 N–H and O–H groups in total. The lowest BCUT2D eigenvalue weighted by atomic mass is 9.98.